The summed E-state index contributed by atoms with van der Waals surface area (Å²) in [4.78, 5) is 38.2. The number of carbonyl (C=O) groups excluding carboxylic acids is 3. The lowest BCUT2D eigenvalue weighted by Crippen LogP contribution is -2.30. The van der Waals surface area contributed by atoms with Crippen LogP contribution >= 0.6 is 0 Å². The number of ether oxygens (including phenoxy) is 1. The minimum absolute atomic E-state index is 0.0255. The summed E-state index contributed by atoms with van der Waals surface area (Å²) in [6, 6.07) is 14.9. The lowest BCUT2D eigenvalue weighted by molar-refractivity contribution is -0.133. The first kappa shape index (κ1) is 24.8. The van der Waals surface area contributed by atoms with Gasteiger partial charge in [-0.2, -0.15) is 0 Å². The lowest BCUT2D eigenvalue weighted by Gasteiger charge is -2.21. The fourth-order valence-electron chi connectivity index (χ4n) is 4.19. The predicted molar refractivity (Wildman–Crippen MR) is 125 cm³/mol. The zero-order valence-electron chi connectivity index (χ0n) is 19.0. The minimum atomic E-state index is -0.817. The molecule has 0 amide bonds. The summed E-state index contributed by atoms with van der Waals surface area (Å²) in [5, 5.41) is 18.0. The van der Waals surface area contributed by atoms with Crippen molar-refractivity contribution in [1.29, 1.82) is 0 Å². The van der Waals surface area contributed by atoms with E-state index in [-0.39, 0.29) is 68.3 Å². The minimum Gasteiger partial charge on any atom is -0.491 e. The molecule has 0 heterocycles. The normalized spacial score (nSPS) is 15.0. The third-order valence-electron chi connectivity index (χ3n) is 6.22. The van der Waals surface area contributed by atoms with Gasteiger partial charge < -0.3 is 14.9 Å². The highest BCUT2D eigenvalue weighted by atomic mass is 16.5. The monoisotopic (exact) mass is 452 g/mol. The zero-order chi connectivity index (χ0) is 23.8. The van der Waals surface area contributed by atoms with Crippen LogP contribution in [0, 0.1) is 17.8 Å². The first-order valence-electron chi connectivity index (χ1n) is 11.6. The van der Waals surface area contributed by atoms with Crippen LogP contribution in [0.2, 0.25) is 0 Å². The molecule has 6 nitrogen and oxygen atoms in total. The molecule has 6 heteroatoms. The molecule has 2 aromatic rings. The maximum Gasteiger partial charge on any atom is 0.166 e. The van der Waals surface area contributed by atoms with Crippen molar-refractivity contribution in [3.05, 3.63) is 54.1 Å². The van der Waals surface area contributed by atoms with Gasteiger partial charge in [-0.05, 0) is 48.4 Å². The average Bonchev–Trinajstić information content (AvgIpc) is 3.68. The third-order valence-corrected chi connectivity index (χ3v) is 6.22. The molecule has 1 aliphatic carbocycles. The van der Waals surface area contributed by atoms with Gasteiger partial charge >= 0.3 is 0 Å². The summed E-state index contributed by atoms with van der Waals surface area (Å²) in [5.74, 6) is -0.748. The van der Waals surface area contributed by atoms with Crippen molar-refractivity contribution in [3.8, 4) is 16.9 Å². The molecule has 176 valence electrons. The average molecular weight is 453 g/mol. The Morgan fingerprint density at radius 1 is 0.909 bits per heavy atom. The zero-order valence-corrected chi connectivity index (χ0v) is 19.0. The van der Waals surface area contributed by atoms with E-state index >= 15 is 0 Å². The summed E-state index contributed by atoms with van der Waals surface area (Å²) in [5.41, 5.74) is 2.52. The van der Waals surface area contributed by atoms with Crippen LogP contribution < -0.4 is 4.74 Å². The Morgan fingerprint density at radius 3 is 2.03 bits per heavy atom. The van der Waals surface area contributed by atoms with Crippen LogP contribution in [0.1, 0.15) is 49.4 Å². The largest absolute Gasteiger partial charge is 0.491 e. The molecule has 0 saturated heterocycles. The molecule has 0 aromatic heterocycles. The van der Waals surface area contributed by atoms with Gasteiger partial charge in [0.1, 0.15) is 23.9 Å². The second kappa shape index (κ2) is 11.9. The Kier molecular flexibility index (Phi) is 8.92. The standard InChI is InChI=1S/C27H32O6/c1-2-25(30)24(26(31)13-14-28)17-23(20-5-6-20)27(32)21-7-3-18(4-8-21)19-9-11-22(12-10-19)33-16-15-29/h3-4,7-12,20,23-24,28-29H,2,5-6,13-17H2,1H3. The number of hydrogen-bond donors (Lipinski definition) is 2. The third kappa shape index (κ3) is 6.59. The van der Waals surface area contributed by atoms with Gasteiger partial charge in [-0.3, -0.25) is 14.4 Å². The van der Waals surface area contributed by atoms with E-state index in [4.69, 9.17) is 14.9 Å². The smallest absolute Gasteiger partial charge is 0.166 e. The Bertz CT molecular complexity index is 944. The van der Waals surface area contributed by atoms with Gasteiger partial charge in [0.2, 0.25) is 0 Å². The second-order valence-corrected chi connectivity index (χ2v) is 8.53. The van der Waals surface area contributed by atoms with Crippen LogP contribution in [0.5, 0.6) is 5.75 Å². The number of Topliss-reactive ketones (excluding diaryl/α,β-unsaturated/α-hetero) is 3. The van der Waals surface area contributed by atoms with Gasteiger partial charge in [0.25, 0.3) is 0 Å². The summed E-state index contributed by atoms with van der Waals surface area (Å²) >= 11 is 0. The molecule has 0 bridgehead atoms. The highest BCUT2D eigenvalue weighted by molar-refractivity contribution is 6.04. The van der Waals surface area contributed by atoms with E-state index < -0.39 is 5.92 Å². The summed E-state index contributed by atoms with van der Waals surface area (Å²) in [6.45, 7) is 1.64. The molecule has 2 N–H and O–H groups in total. The number of carbonyl (C=O) groups is 3. The van der Waals surface area contributed by atoms with E-state index in [1.165, 1.54) is 0 Å². The van der Waals surface area contributed by atoms with E-state index in [2.05, 4.69) is 0 Å². The maximum atomic E-state index is 13.3. The van der Waals surface area contributed by atoms with Gasteiger partial charge in [-0.1, -0.05) is 43.3 Å². The number of aliphatic hydroxyl groups excluding tert-OH is 2. The van der Waals surface area contributed by atoms with E-state index in [9.17, 15) is 14.4 Å². The number of ketones is 3. The molecule has 33 heavy (non-hydrogen) atoms. The topological polar surface area (TPSA) is 101 Å². The van der Waals surface area contributed by atoms with Gasteiger partial charge in [0.15, 0.2) is 5.78 Å². The van der Waals surface area contributed by atoms with Crippen molar-refractivity contribution in [3.63, 3.8) is 0 Å². The molecule has 1 saturated carbocycles. The van der Waals surface area contributed by atoms with Crippen molar-refractivity contribution in [1.82, 2.24) is 0 Å². The van der Waals surface area contributed by atoms with Crippen molar-refractivity contribution in [2.24, 2.45) is 17.8 Å². The van der Waals surface area contributed by atoms with Crippen LogP contribution in [0.15, 0.2) is 48.5 Å². The van der Waals surface area contributed by atoms with Crippen LogP contribution in [0.4, 0.5) is 0 Å². The van der Waals surface area contributed by atoms with Gasteiger partial charge in [0.05, 0.1) is 12.5 Å². The Hall–Kier alpha value is -2.83. The highest BCUT2D eigenvalue weighted by Gasteiger charge is 2.40. The van der Waals surface area contributed by atoms with Crippen molar-refractivity contribution in [2.75, 3.05) is 19.8 Å². The van der Waals surface area contributed by atoms with Gasteiger partial charge in [-0.15, -0.1) is 0 Å². The van der Waals surface area contributed by atoms with Crippen LogP contribution in [0.25, 0.3) is 11.1 Å². The van der Waals surface area contributed by atoms with Crippen LogP contribution in [0.3, 0.4) is 0 Å². The molecule has 3 rings (SSSR count). The molecule has 0 spiro atoms. The second-order valence-electron chi connectivity index (χ2n) is 8.53. The van der Waals surface area contributed by atoms with E-state index in [1.54, 1.807) is 19.1 Å². The van der Waals surface area contributed by atoms with E-state index in [1.807, 2.05) is 36.4 Å². The lowest BCUT2D eigenvalue weighted by atomic mass is 9.80. The quantitative estimate of drug-likeness (QED) is 0.333. The number of rotatable bonds is 14. The van der Waals surface area contributed by atoms with Gasteiger partial charge in [-0.25, -0.2) is 0 Å². The summed E-state index contributed by atoms with van der Waals surface area (Å²) in [6.07, 6.45) is 2.28. The first-order chi connectivity index (χ1) is 16.0. The molecule has 0 radical (unpaired) electrons. The fourth-order valence-corrected chi connectivity index (χ4v) is 4.19. The Morgan fingerprint density at radius 2 is 1.52 bits per heavy atom. The molecule has 2 atom stereocenters. The Labute approximate surface area is 194 Å². The molecular formula is C27H32O6. The molecule has 1 fully saturated rings. The fraction of sp³-hybridized carbons (Fsp3) is 0.444. The summed E-state index contributed by atoms with van der Waals surface area (Å²) < 4.78 is 5.38. The van der Waals surface area contributed by atoms with Crippen molar-refractivity contribution in [2.45, 2.75) is 39.0 Å². The van der Waals surface area contributed by atoms with Gasteiger partial charge in [0, 0.05) is 30.9 Å². The number of aliphatic hydroxyl groups is 2. The molecular weight excluding hydrogens is 420 g/mol. The number of hydrogen-bond acceptors (Lipinski definition) is 6. The van der Waals surface area contributed by atoms with E-state index in [0.29, 0.717) is 11.3 Å². The SMILES string of the molecule is CCC(=O)C(CC(C(=O)c1ccc(-c2ccc(OCCO)cc2)cc1)C1CC1)C(=O)CCO. The Balaban J connectivity index is 1.73. The predicted octanol–water partition coefficient (Wildman–Crippen LogP) is 3.87. The van der Waals surface area contributed by atoms with Crippen molar-refractivity contribution < 1.29 is 29.3 Å². The summed E-state index contributed by atoms with van der Waals surface area (Å²) in [7, 11) is 0. The first-order valence-corrected chi connectivity index (χ1v) is 11.6. The number of benzene rings is 2. The van der Waals surface area contributed by atoms with Crippen LogP contribution in [-0.4, -0.2) is 47.4 Å². The highest BCUT2D eigenvalue weighted by Crippen LogP contribution is 2.42. The van der Waals surface area contributed by atoms with Crippen molar-refractivity contribution >= 4 is 17.3 Å². The maximum absolute atomic E-state index is 13.3. The molecule has 0 aliphatic heterocycles. The molecule has 2 unspecified atom stereocenters. The van der Waals surface area contributed by atoms with Crippen LogP contribution in [-0.2, 0) is 9.59 Å². The van der Waals surface area contributed by atoms with E-state index in [0.717, 1.165) is 24.0 Å². The molecule has 1 aliphatic rings. The molecule has 2 aromatic carbocycles.